The molecule has 1 saturated heterocycles. The van der Waals surface area contributed by atoms with E-state index in [2.05, 4.69) is 24.0 Å². The Labute approximate surface area is 73.5 Å². The van der Waals surface area contributed by atoms with Crippen LogP contribution >= 0.6 is 0 Å². The van der Waals surface area contributed by atoms with Gasteiger partial charge in [-0.1, -0.05) is 12.2 Å². The van der Waals surface area contributed by atoms with Crippen LogP contribution in [0.15, 0.2) is 23.4 Å². The first-order chi connectivity index (χ1) is 5.88. The van der Waals surface area contributed by atoms with Crippen LogP contribution in [0.3, 0.4) is 0 Å². The van der Waals surface area contributed by atoms with E-state index in [1.54, 1.807) is 0 Å². The molecule has 0 aromatic carbocycles. The summed E-state index contributed by atoms with van der Waals surface area (Å²) >= 11 is 0. The molecule has 0 N–H and O–H groups in total. The van der Waals surface area contributed by atoms with Crippen LogP contribution in [0.2, 0.25) is 0 Å². The first kappa shape index (κ1) is 7.87. The number of hydrogen-bond donors (Lipinski definition) is 0. The summed E-state index contributed by atoms with van der Waals surface area (Å²) in [6.45, 7) is 6.09. The molecular formula is C10H15NO. The highest BCUT2D eigenvalue weighted by Gasteiger charge is 2.16. The normalized spacial score (nSPS) is 23.9. The summed E-state index contributed by atoms with van der Waals surface area (Å²) in [5.41, 5.74) is 2.93. The van der Waals surface area contributed by atoms with Gasteiger partial charge in [0, 0.05) is 25.2 Å². The van der Waals surface area contributed by atoms with Gasteiger partial charge >= 0.3 is 0 Å². The quantitative estimate of drug-likeness (QED) is 0.584. The summed E-state index contributed by atoms with van der Waals surface area (Å²) in [7, 11) is 0. The Morgan fingerprint density at radius 3 is 2.67 bits per heavy atom. The zero-order valence-corrected chi connectivity index (χ0v) is 7.55. The maximum absolute atomic E-state index is 5.31. The molecular weight excluding hydrogens is 150 g/mol. The summed E-state index contributed by atoms with van der Waals surface area (Å²) in [5.74, 6) is 0. The van der Waals surface area contributed by atoms with Gasteiger partial charge < -0.3 is 9.64 Å². The van der Waals surface area contributed by atoms with Crippen molar-refractivity contribution in [3.63, 3.8) is 0 Å². The fraction of sp³-hybridized carbons (Fsp3) is 0.600. The van der Waals surface area contributed by atoms with Crippen LogP contribution in [0.5, 0.6) is 0 Å². The molecule has 0 amide bonds. The van der Waals surface area contributed by atoms with Crippen LogP contribution in [-0.4, -0.2) is 31.2 Å². The lowest BCUT2D eigenvalue weighted by atomic mass is 10.2. The lowest BCUT2D eigenvalue weighted by Crippen LogP contribution is -2.35. The first-order valence-corrected chi connectivity index (χ1v) is 4.57. The summed E-state index contributed by atoms with van der Waals surface area (Å²) < 4.78 is 5.31. The van der Waals surface area contributed by atoms with Crippen LogP contribution in [0, 0.1) is 0 Å². The van der Waals surface area contributed by atoms with E-state index >= 15 is 0 Å². The molecule has 2 nitrogen and oxygen atoms in total. The third kappa shape index (κ3) is 1.39. The van der Waals surface area contributed by atoms with Crippen molar-refractivity contribution in [3.8, 4) is 0 Å². The molecule has 0 unspecified atom stereocenters. The second-order valence-corrected chi connectivity index (χ2v) is 3.34. The van der Waals surface area contributed by atoms with Gasteiger partial charge in [-0.05, 0) is 12.5 Å². The minimum atomic E-state index is 0.886. The number of morpholine rings is 1. The van der Waals surface area contributed by atoms with Gasteiger partial charge in [-0.3, -0.25) is 0 Å². The molecule has 0 atom stereocenters. The van der Waals surface area contributed by atoms with E-state index in [0.717, 1.165) is 32.7 Å². The lowest BCUT2D eigenvalue weighted by Gasteiger charge is -2.30. The summed E-state index contributed by atoms with van der Waals surface area (Å²) in [6.07, 6.45) is 5.57. The van der Waals surface area contributed by atoms with Crippen molar-refractivity contribution in [2.45, 2.75) is 13.3 Å². The molecule has 2 aliphatic rings. The number of ether oxygens (including phenoxy) is 1. The molecule has 2 rings (SSSR count). The van der Waals surface area contributed by atoms with Gasteiger partial charge in [-0.2, -0.15) is 0 Å². The third-order valence-electron chi connectivity index (χ3n) is 2.53. The van der Waals surface area contributed by atoms with Crippen LogP contribution in [0.25, 0.3) is 0 Å². The van der Waals surface area contributed by atoms with E-state index in [4.69, 9.17) is 4.74 Å². The Balaban J connectivity index is 2.04. The van der Waals surface area contributed by atoms with Crippen molar-refractivity contribution in [2.24, 2.45) is 0 Å². The number of nitrogens with zero attached hydrogens (tertiary/aromatic N) is 1. The number of hydrogen-bond acceptors (Lipinski definition) is 2. The van der Waals surface area contributed by atoms with Crippen LogP contribution < -0.4 is 0 Å². The number of rotatable bonds is 1. The fourth-order valence-electron chi connectivity index (χ4n) is 1.82. The fourth-order valence-corrected chi connectivity index (χ4v) is 1.82. The average Bonchev–Trinajstić information content (AvgIpc) is 2.53. The van der Waals surface area contributed by atoms with Gasteiger partial charge in [-0.25, -0.2) is 0 Å². The summed E-state index contributed by atoms with van der Waals surface area (Å²) in [5, 5.41) is 0. The van der Waals surface area contributed by atoms with E-state index in [1.165, 1.54) is 11.3 Å². The molecule has 0 radical (unpaired) electrons. The highest BCUT2D eigenvalue weighted by atomic mass is 16.5. The predicted octanol–water partition coefficient (Wildman–Crippen LogP) is 1.55. The van der Waals surface area contributed by atoms with Crippen molar-refractivity contribution < 1.29 is 4.74 Å². The maximum Gasteiger partial charge on any atom is 0.0642 e. The molecule has 0 aromatic heterocycles. The monoisotopic (exact) mass is 165 g/mol. The van der Waals surface area contributed by atoms with Crippen LogP contribution in [-0.2, 0) is 4.74 Å². The highest BCUT2D eigenvalue weighted by Crippen LogP contribution is 2.22. The van der Waals surface area contributed by atoms with Crippen molar-refractivity contribution >= 4 is 0 Å². The number of allylic oxidation sites excluding steroid dienone is 3. The Bertz CT molecular complexity index is 224. The second kappa shape index (κ2) is 3.31. The zero-order valence-electron chi connectivity index (χ0n) is 7.55. The molecule has 0 spiro atoms. The predicted molar refractivity (Wildman–Crippen MR) is 48.8 cm³/mol. The molecule has 12 heavy (non-hydrogen) atoms. The van der Waals surface area contributed by atoms with E-state index in [9.17, 15) is 0 Å². The third-order valence-corrected chi connectivity index (χ3v) is 2.53. The van der Waals surface area contributed by atoms with Crippen molar-refractivity contribution in [2.75, 3.05) is 26.3 Å². The van der Waals surface area contributed by atoms with Gasteiger partial charge in [-0.15, -0.1) is 0 Å². The molecule has 1 aliphatic heterocycles. The van der Waals surface area contributed by atoms with Gasteiger partial charge in [0.15, 0.2) is 0 Å². The summed E-state index contributed by atoms with van der Waals surface area (Å²) in [4.78, 5) is 2.44. The standard InChI is InChI=1S/C10H15NO/c1-9-3-2-4-10(9)11-5-7-12-8-6-11/h2-3H,4-8H2,1H3. The van der Waals surface area contributed by atoms with Gasteiger partial charge in [0.1, 0.15) is 0 Å². The zero-order chi connectivity index (χ0) is 8.39. The second-order valence-electron chi connectivity index (χ2n) is 3.34. The first-order valence-electron chi connectivity index (χ1n) is 4.57. The van der Waals surface area contributed by atoms with Gasteiger partial charge in [0.2, 0.25) is 0 Å². The van der Waals surface area contributed by atoms with Gasteiger partial charge in [0.25, 0.3) is 0 Å². The molecule has 1 heterocycles. The smallest absolute Gasteiger partial charge is 0.0642 e. The molecule has 66 valence electrons. The van der Waals surface area contributed by atoms with Crippen molar-refractivity contribution in [1.82, 2.24) is 4.90 Å². The minimum Gasteiger partial charge on any atom is -0.378 e. The molecule has 1 aliphatic carbocycles. The largest absolute Gasteiger partial charge is 0.378 e. The molecule has 0 saturated carbocycles. The molecule has 2 heteroatoms. The highest BCUT2D eigenvalue weighted by molar-refractivity contribution is 5.31. The van der Waals surface area contributed by atoms with Crippen molar-refractivity contribution in [1.29, 1.82) is 0 Å². The maximum atomic E-state index is 5.31. The van der Waals surface area contributed by atoms with Crippen LogP contribution in [0.4, 0.5) is 0 Å². The molecule has 1 fully saturated rings. The summed E-state index contributed by atoms with van der Waals surface area (Å²) in [6, 6.07) is 0. The molecule has 0 bridgehead atoms. The Hall–Kier alpha value is -0.760. The van der Waals surface area contributed by atoms with E-state index in [1.807, 2.05) is 0 Å². The van der Waals surface area contributed by atoms with Crippen molar-refractivity contribution in [3.05, 3.63) is 23.4 Å². The Morgan fingerprint density at radius 2 is 2.08 bits per heavy atom. The Kier molecular flexibility index (Phi) is 2.17. The average molecular weight is 165 g/mol. The van der Waals surface area contributed by atoms with Crippen LogP contribution in [0.1, 0.15) is 13.3 Å². The van der Waals surface area contributed by atoms with E-state index in [0.29, 0.717) is 0 Å². The lowest BCUT2D eigenvalue weighted by molar-refractivity contribution is 0.0526. The van der Waals surface area contributed by atoms with E-state index < -0.39 is 0 Å². The topological polar surface area (TPSA) is 12.5 Å². The SMILES string of the molecule is CC1=C(N2CCOCC2)CC=C1. The van der Waals surface area contributed by atoms with Gasteiger partial charge in [0.05, 0.1) is 13.2 Å². The minimum absolute atomic E-state index is 0.886. The van der Waals surface area contributed by atoms with E-state index in [-0.39, 0.29) is 0 Å². The Morgan fingerprint density at radius 1 is 1.33 bits per heavy atom. The molecule has 0 aromatic rings.